The molecule has 2 aromatic carbocycles. The predicted molar refractivity (Wildman–Crippen MR) is 107 cm³/mol. The van der Waals surface area contributed by atoms with E-state index in [1.807, 2.05) is 24.3 Å². The first-order valence-corrected chi connectivity index (χ1v) is 9.34. The van der Waals surface area contributed by atoms with Gasteiger partial charge in [-0.05, 0) is 48.4 Å². The largest absolute Gasteiger partial charge is 0.494 e. The van der Waals surface area contributed by atoms with Crippen molar-refractivity contribution in [2.45, 2.75) is 32.7 Å². The molecule has 0 fully saturated rings. The Bertz CT molecular complexity index is 739. The molecule has 1 N–H and O–H groups in total. The number of amides is 2. The van der Waals surface area contributed by atoms with Crippen molar-refractivity contribution in [1.29, 1.82) is 0 Å². The maximum Gasteiger partial charge on any atom is 0.253 e. The molecule has 0 aromatic heterocycles. The van der Waals surface area contributed by atoms with Crippen molar-refractivity contribution in [1.82, 2.24) is 10.2 Å². The van der Waals surface area contributed by atoms with Crippen molar-refractivity contribution in [3.05, 3.63) is 65.2 Å². The molecule has 0 heterocycles. The fourth-order valence-electron chi connectivity index (χ4n) is 2.71. The smallest absolute Gasteiger partial charge is 0.253 e. The lowest BCUT2D eigenvalue weighted by Gasteiger charge is -2.18. The van der Waals surface area contributed by atoms with E-state index >= 15 is 0 Å². The van der Waals surface area contributed by atoms with Gasteiger partial charge in [-0.15, -0.1) is 0 Å². The van der Waals surface area contributed by atoms with Crippen molar-refractivity contribution in [2.75, 3.05) is 20.7 Å². The Kier molecular flexibility index (Phi) is 7.86. The molecule has 0 aliphatic heterocycles. The molecule has 5 nitrogen and oxygen atoms in total. The summed E-state index contributed by atoms with van der Waals surface area (Å²) in [5, 5.41) is 2.59. The first-order valence-electron chi connectivity index (χ1n) is 9.34. The van der Waals surface area contributed by atoms with Gasteiger partial charge in [0.1, 0.15) is 5.75 Å². The van der Waals surface area contributed by atoms with E-state index in [2.05, 4.69) is 12.2 Å². The van der Waals surface area contributed by atoms with Crippen LogP contribution in [-0.4, -0.2) is 37.4 Å². The van der Waals surface area contributed by atoms with Crippen LogP contribution in [0.5, 0.6) is 5.75 Å². The number of unbranched alkanes of at least 4 members (excludes halogenated alkanes) is 2. The van der Waals surface area contributed by atoms with E-state index in [0.29, 0.717) is 24.3 Å². The number of hydrogen-bond acceptors (Lipinski definition) is 3. The molecule has 2 aromatic rings. The lowest BCUT2D eigenvalue weighted by Crippen LogP contribution is -2.26. The van der Waals surface area contributed by atoms with Crippen molar-refractivity contribution in [2.24, 2.45) is 0 Å². The molecule has 0 aliphatic carbocycles. The van der Waals surface area contributed by atoms with Gasteiger partial charge in [0.2, 0.25) is 0 Å². The van der Waals surface area contributed by atoms with Crippen LogP contribution in [0.4, 0.5) is 0 Å². The number of rotatable bonds is 9. The van der Waals surface area contributed by atoms with E-state index in [-0.39, 0.29) is 11.8 Å². The van der Waals surface area contributed by atoms with Crippen LogP contribution in [0.25, 0.3) is 0 Å². The number of benzene rings is 2. The minimum Gasteiger partial charge on any atom is -0.494 e. The monoisotopic (exact) mass is 368 g/mol. The van der Waals surface area contributed by atoms with Crippen LogP contribution < -0.4 is 10.1 Å². The number of nitrogens with one attached hydrogen (secondary N) is 1. The highest BCUT2D eigenvalue weighted by Crippen LogP contribution is 2.15. The molecule has 0 radical (unpaired) electrons. The Morgan fingerprint density at radius 3 is 2.19 bits per heavy atom. The predicted octanol–water partition coefficient (Wildman–Crippen LogP) is 3.89. The second-order valence-corrected chi connectivity index (χ2v) is 6.52. The summed E-state index contributed by atoms with van der Waals surface area (Å²) < 4.78 is 5.68. The Balaban J connectivity index is 1.91. The van der Waals surface area contributed by atoms with Crippen LogP contribution in [0.3, 0.4) is 0 Å². The molecule has 5 heteroatoms. The highest BCUT2D eigenvalue weighted by molar-refractivity contribution is 5.94. The summed E-state index contributed by atoms with van der Waals surface area (Å²) in [6.07, 6.45) is 3.36. The van der Waals surface area contributed by atoms with E-state index in [9.17, 15) is 9.59 Å². The SMILES string of the molecule is CCCCCOc1ccc(C(=O)N(C)Cc2ccc(C(=O)NC)cc2)cc1. The summed E-state index contributed by atoms with van der Waals surface area (Å²) >= 11 is 0. The molecule has 27 heavy (non-hydrogen) atoms. The first-order chi connectivity index (χ1) is 13.0. The second-order valence-electron chi connectivity index (χ2n) is 6.52. The topological polar surface area (TPSA) is 58.6 Å². The van der Waals surface area contributed by atoms with Gasteiger partial charge in [0.05, 0.1) is 6.61 Å². The van der Waals surface area contributed by atoms with Crippen LogP contribution in [0.1, 0.15) is 52.5 Å². The molecule has 0 saturated heterocycles. The van der Waals surface area contributed by atoms with Gasteiger partial charge in [0, 0.05) is 31.8 Å². The van der Waals surface area contributed by atoms with Gasteiger partial charge in [0.25, 0.3) is 11.8 Å². The molecule has 0 unspecified atom stereocenters. The lowest BCUT2D eigenvalue weighted by molar-refractivity contribution is 0.0784. The highest BCUT2D eigenvalue weighted by Gasteiger charge is 2.12. The Labute approximate surface area is 161 Å². The molecule has 2 rings (SSSR count). The first kappa shape index (κ1) is 20.5. The van der Waals surface area contributed by atoms with Gasteiger partial charge >= 0.3 is 0 Å². The van der Waals surface area contributed by atoms with Crippen molar-refractivity contribution in [3.63, 3.8) is 0 Å². The molecule has 2 amide bonds. The Morgan fingerprint density at radius 2 is 1.59 bits per heavy atom. The van der Waals surface area contributed by atoms with E-state index in [1.165, 1.54) is 0 Å². The zero-order valence-electron chi connectivity index (χ0n) is 16.3. The van der Waals surface area contributed by atoms with Gasteiger partial charge in [-0.1, -0.05) is 31.9 Å². The number of nitrogens with zero attached hydrogens (tertiary/aromatic N) is 1. The standard InChI is InChI=1S/C22H28N2O3/c1-4-5-6-15-27-20-13-11-19(12-14-20)22(26)24(3)16-17-7-9-18(10-8-17)21(25)23-2/h7-14H,4-6,15-16H2,1-3H3,(H,23,25). The molecular formula is C22H28N2O3. The molecule has 0 spiro atoms. The van der Waals surface area contributed by atoms with Crippen LogP contribution in [-0.2, 0) is 6.54 Å². The Hall–Kier alpha value is -2.82. The van der Waals surface area contributed by atoms with E-state index in [0.717, 1.165) is 30.6 Å². The van der Waals surface area contributed by atoms with Crippen LogP contribution in [0.2, 0.25) is 0 Å². The summed E-state index contributed by atoms with van der Waals surface area (Å²) in [6, 6.07) is 14.5. The van der Waals surface area contributed by atoms with Gasteiger partial charge in [-0.2, -0.15) is 0 Å². The molecule has 0 atom stereocenters. The van der Waals surface area contributed by atoms with Crippen molar-refractivity contribution >= 4 is 11.8 Å². The summed E-state index contributed by atoms with van der Waals surface area (Å²) in [6.45, 7) is 3.34. The fraction of sp³-hybridized carbons (Fsp3) is 0.364. The molecule has 144 valence electrons. The second kappa shape index (κ2) is 10.4. The number of carbonyl (C=O) groups excluding carboxylic acids is 2. The van der Waals surface area contributed by atoms with Gasteiger partial charge in [-0.25, -0.2) is 0 Å². The minimum absolute atomic E-state index is 0.0529. The van der Waals surface area contributed by atoms with Gasteiger partial charge < -0.3 is 15.0 Å². The van der Waals surface area contributed by atoms with E-state index < -0.39 is 0 Å². The zero-order valence-corrected chi connectivity index (χ0v) is 16.3. The normalized spacial score (nSPS) is 10.3. The summed E-state index contributed by atoms with van der Waals surface area (Å²) in [5.41, 5.74) is 2.19. The zero-order chi connectivity index (χ0) is 19.6. The van der Waals surface area contributed by atoms with Crippen LogP contribution in [0, 0.1) is 0 Å². The number of carbonyl (C=O) groups is 2. The lowest BCUT2D eigenvalue weighted by atomic mass is 10.1. The number of ether oxygens (including phenoxy) is 1. The van der Waals surface area contributed by atoms with Gasteiger partial charge in [0.15, 0.2) is 0 Å². The fourth-order valence-corrected chi connectivity index (χ4v) is 2.71. The average Bonchev–Trinajstić information content (AvgIpc) is 2.71. The summed E-state index contributed by atoms with van der Waals surface area (Å²) in [5.74, 6) is 0.612. The molecule has 0 bridgehead atoms. The van der Waals surface area contributed by atoms with E-state index in [4.69, 9.17) is 4.74 Å². The Morgan fingerprint density at radius 1 is 0.963 bits per heavy atom. The molecular weight excluding hydrogens is 340 g/mol. The average molecular weight is 368 g/mol. The van der Waals surface area contributed by atoms with Crippen LogP contribution in [0.15, 0.2) is 48.5 Å². The third kappa shape index (κ3) is 6.13. The number of hydrogen-bond donors (Lipinski definition) is 1. The molecule has 0 saturated carbocycles. The third-order valence-corrected chi connectivity index (χ3v) is 4.33. The van der Waals surface area contributed by atoms with Crippen LogP contribution >= 0.6 is 0 Å². The minimum atomic E-state index is -0.122. The highest BCUT2D eigenvalue weighted by atomic mass is 16.5. The third-order valence-electron chi connectivity index (χ3n) is 4.33. The summed E-state index contributed by atoms with van der Waals surface area (Å²) in [7, 11) is 3.37. The van der Waals surface area contributed by atoms with Crippen molar-refractivity contribution < 1.29 is 14.3 Å². The quantitative estimate of drug-likeness (QED) is 0.683. The maximum atomic E-state index is 12.6. The maximum absolute atomic E-state index is 12.6. The molecule has 0 aliphatic rings. The van der Waals surface area contributed by atoms with E-state index in [1.54, 1.807) is 43.3 Å². The van der Waals surface area contributed by atoms with Gasteiger partial charge in [-0.3, -0.25) is 9.59 Å². The van der Waals surface area contributed by atoms with Crippen molar-refractivity contribution in [3.8, 4) is 5.75 Å². The summed E-state index contributed by atoms with van der Waals surface area (Å²) in [4.78, 5) is 25.8.